The Kier molecular flexibility index (Phi) is 6.67. The number of nitrogens with zero attached hydrogens (tertiary/aromatic N) is 1. The highest BCUT2D eigenvalue weighted by atomic mass is 19.3. The van der Waals surface area contributed by atoms with E-state index in [9.17, 15) is 8.78 Å². The number of halogens is 2. The van der Waals surface area contributed by atoms with Crippen molar-refractivity contribution in [3.8, 4) is 11.8 Å². The quantitative estimate of drug-likeness (QED) is 0.524. The van der Waals surface area contributed by atoms with Crippen LogP contribution in [0.4, 0.5) is 8.78 Å². The summed E-state index contributed by atoms with van der Waals surface area (Å²) in [4.78, 5) is 0. The summed E-state index contributed by atoms with van der Waals surface area (Å²) < 4.78 is 33.7. The zero-order valence-corrected chi connectivity index (χ0v) is 16.3. The SMILES string of the molecule is CC[C@H]1CC[C@H](CCc2ccc(C(F)(F)Oc3ccc(C#N)cc3)cc2)CC1. The molecule has 0 aromatic heterocycles. The van der Waals surface area contributed by atoms with E-state index in [-0.39, 0.29) is 11.3 Å². The van der Waals surface area contributed by atoms with Gasteiger partial charge in [0.2, 0.25) is 0 Å². The molecule has 2 aromatic rings. The molecular weight excluding hydrogens is 356 g/mol. The normalized spacial score (nSPS) is 19.8. The van der Waals surface area contributed by atoms with Crippen molar-refractivity contribution in [2.45, 2.75) is 58.0 Å². The summed E-state index contributed by atoms with van der Waals surface area (Å²) in [5, 5.41) is 8.78. The predicted octanol–water partition coefficient (Wildman–Crippen LogP) is 6.84. The first-order valence-electron chi connectivity index (χ1n) is 10.2. The first kappa shape index (κ1) is 20.3. The van der Waals surface area contributed by atoms with Gasteiger partial charge in [0, 0.05) is 0 Å². The van der Waals surface area contributed by atoms with E-state index >= 15 is 0 Å². The van der Waals surface area contributed by atoms with Gasteiger partial charge in [-0.3, -0.25) is 0 Å². The number of benzene rings is 2. The molecule has 0 unspecified atom stereocenters. The van der Waals surface area contributed by atoms with E-state index in [1.165, 1.54) is 68.5 Å². The van der Waals surface area contributed by atoms with Crippen molar-refractivity contribution in [1.29, 1.82) is 5.26 Å². The van der Waals surface area contributed by atoms with Crippen LogP contribution in [0, 0.1) is 23.2 Å². The molecule has 0 heterocycles. The first-order valence-corrected chi connectivity index (χ1v) is 10.2. The first-order chi connectivity index (χ1) is 13.5. The lowest BCUT2D eigenvalue weighted by atomic mass is 9.78. The lowest BCUT2D eigenvalue weighted by Gasteiger charge is -2.27. The van der Waals surface area contributed by atoms with Gasteiger partial charge in [-0.15, -0.1) is 0 Å². The fourth-order valence-corrected chi connectivity index (χ4v) is 3.97. The van der Waals surface area contributed by atoms with Crippen LogP contribution in [0.1, 0.15) is 62.1 Å². The minimum absolute atomic E-state index is 0.0377. The molecule has 148 valence electrons. The molecule has 1 aliphatic rings. The van der Waals surface area contributed by atoms with Crippen molar-refractivity contribution in [2.75, 3.05) is 0 Å². The molecule has 0 atom stereocenters. The monoisotopic (exact) mass is 383 g/mol. The van der Waals surface area contributed by atoms with Crippen LogP contribution in [0.2, 0.25) is 0 Å². The second-order valence-electron chi connectivity index (χ2n) is 7.79. The van der Waals surface area contributed by atoms with E-state index in [1.807, 2.05) is 6.07 Å². The molecule has 1 saturated carbocycles. The highest BCUT2D eigenvalue weighted by molar-refractivity contribution is 5.35. The molecule has 1 aliphatic carbocycles. The summed E-state index contributed by atoms with van der Waals surface area (Å²) in [6, 6.07) is 14.1. The van der Waals surface area contributed by atoms with Crippen LogP contribution < -0.4 is 4.74 Å². The standard InChI is InChI=1S/C24H27F2NO/c1-2-18-3-5-19(6-4-18)7-8-20-9-13-22(14-10-20)24(25,26)28-23-15-11-21(17-27)12-16-23/h9-16,18-19H,2-8H2,1H3/t18-,19-. The summed E-state index contributed by atoms with van der Waals surface area (Å²) in [7, 11) is 0. The van der Waals surface area contributed by atoms with Gasteiger partial charge in [0.1, 0.15) is 5.75 Å². The molecule has 2 aromatic carbocycles. The Balaban J connectivity index is 1.54. The van der Waals surface area contributed by atoms with Gasteiger partial charge < -0.3 is 4.74 Å². The molecule has 2 nitrogen and oxygen atoms in total. The summed E-state index contributed by atoms with van der Waals surface area (Å²) in [6.07, 6.45) is 5.20. The van der Waals surface area contributed by atoms with Crippen LogP contribution in [0.5, 0.6) is 5.75 Å². The Morgan fingerprint density at radius 3 is 2.14 bits per heavy atom. The van der Waals surface area contributed by atoms with Crippen molar-refractivity contribution < 1.29 is 13.5 Å². The van der Waals surface area contributed by atoms with E-state index in [0.29, 0.717) is 5.56 Å². The average Bonchev–Trinajstić information content (AvgIpc) is 2.73. The van der Waals surface area contributed by atoms with E-state index in [1.54, 1.807) is 12.1 Å². The second-order valence-corrected chi connectivity index (χ2v) is 7.79. The fraction of sp³-hybridized carbons (Fsp3) is 0.458. The number of ether oxygens (including phenoxy) is 1. The van der Waals surface area contributed by atoms with E-state index in [0.717, 1.165) is 30.2 Å². The summed E-state index contributed by atoms with van der Waals surface area (Å²) in [5.41, 5.74) is 1.34. The van der Waals surface area contributed by atoms with Gasteiger partial charge in [0.05, 0.1) is 17.2 Å². The number of hydrogen-bond donors (Lipinski definition) is 0. The molecular formula is C24H27F2NO. The van der Waals surface area contributed by atoms with Crippen molar-refractivity contribution in [3.05, 3.63) is 65.2 Å². The van der Waals surface area contributed by atoms with Crippen molar-refractivity contribution in [1.82, 2.24) is 0 Å². The maximum absolute atomic E-state index is 14.4. The van der Waals surface area contributed by atoms with Crippen LogP contribution in [-0.2, 0) is 12.5 Å². The highest BCUT2D eigenvalue weighted by Gasteiger charge is 2.34. The predicted molar refractivity (Wildman–Crippen MR) is 106 cm³/mol. The van der Waals surface area contributed by atoms with Gasteiger partial charge in [-0.05, 0) is 66.6 Å². The lowest BCUT2D eigenvalue weighted by Crippen LogP contribution is -2.21. The van der Waals surface area contributed by atoms with Crippen LogP contribution >= 0.6 is 0 Å². The molecule has 0 aliphatic heterocycles. The van der Waals surface area contributed by atoms with Gasteiger partial charge >= 0.3 is 6.11 Å². The van der Waals surface area contributed by atoms with Gasteiger partial charge in [0.25, 0.3) is 0 Å². The molecule has 3 rings (SSSR count). The van der Waals surface area contributed by atoms with Crippen molar-refractivity contribution in [2.24, 2.45) is 11.8 Å². The third-order valence-corrected chi connectivity index (χ3v) is 5.90. The summed E-state index contributed by atoms with van der Waals surface area (Å²) >= 11 is 0. The Hall–Kier alpha value is -2.41. The van der Waals surface area contributed by atoms with Crippen molar-refractivity contribution in [3.63, 3.8) is 0 Å². The highest BCUT2D eigenvalue weighted by Crippen LogP contribution is 2.34. The molecule has 0 spiro atoms. The molecule has 0 radical (unpaired) electrons. The fourth-order valence-electron chi connectivity index (χ4n) is 3.97. The largest absolute Gasteiger partial charge is 0.429 e. The Morgan fingerprint density at radius 2 is 1.57 bits per heavy atom. The number of alkyl halides is 2. The number of hydrogen-bond acceptors (Lipinski definition) is 2. The Labute approximate surface area is 166 Å². The minimum atomic E-state index is -3.41. The van der Waals surface area contributed by atoms with Gasteiger partial charge in [-0.25, -0.2) is 0 Å². The smallest absolute Gasteiger partial charge is 0.426 e. The lowest BCUT2D eigenvalue weighted by molar-refractivity contribution is -0.185. The molecule has 0 amide bonds. The average molecular weight is 383 g/mol. The molecule has 4 heteroatoms. The minimum Gasteiger partial charge on any atom is -0.429 e. The number of rotatable bonds is 7. The summed E-state index contributed by atoms with van der Waals surface area (Å²) in [6.45, 7) is 2.27. The van der Waals surface area contributed by atoms with Crippen LogP contribution in [0.25, 0.3) is 0 Å². The third kappa shape index (κ3) is 5.32. The zero-order chi connectivity index (χ0) is 20.0. The summed E-state index contributed by atoms with van der Waals surface area (Å²) in [5.74, 6) is 1.70. The topological polar surface area (TPSA) is 33.0 Å². The second kappa shape index (κ2) is 9.19. The van der Waals surface area contributed by atoms with Crippen molar-refractivity contribution >= 4 is 0 Å². The molecule has 0 N–H and O–H groups in total. The van der Waals surface area contributed by atoms with Crippen LogP contribution in [0.15, 0.2) is 48.5 Å². The zero-order valence-electron chi connectivity index (χ0n) is 16.3. The third-order valence-electron chi connectivity index (χ3n) is 5.90. The molecule has 0 saturated heterocycles. The number of aryl methyl sites for hydroxylation is 1. The molecule has 1 fully saturated rings. The Bertz CT molecular complexity index is 785. The van der Waals surface area contributed by atoms with Gasteiger partial charge in [0.15, 0.2) is 0 Å². The van der Waals surface area contributed by atoms with Crippen LogP contribution in [0.3, 0.4) is 0 Å². The van der Waals surface area contributed by atoms with Gasteiger partial charge in [-0.2, -0.15) is 14.0 Å². The van der Waals surface area contributed by atoms with E-state index < -0.39 is 6.11 Å². The van der Waals surface area contributed by atoms with Gasteiger partial charge in [-0.1, -0.05) is 51.2 Å². The van der Waals surface area contributed by atoms with E-state index in [2.05, 4.69) is 6.92 Å². The van der Waals surface area contributed by atoms with E-state index in [4.69, 9.17) is 10.00 Å². The van der Waals surface area contributed by atoms with Crippen LogP contribution in [-0.4, -0.2) is 0 Å². The molecule has 28 heavy (non-hydrogen) atoms. The molecule has 0 bridgehead atoms. The number of nitriles is 1. The Morgan fingerprint density at radius 1 is 0.964 bits per heavy atom. The maximum atomic E-state index is 14.4. The maximum Gasteiger partial charge on any atom is 0.426 e.